The van der Waals surface area contributed by atoms with E-state index in [1.807, 2.05) is 30.7 Å². The lowest BCUT2D eigenvalue weighted by atomic mass is 10.1. The molecule has 0 unspecified atom stereocenters. The molecule has 0 bridgehead atoms. The fourth-order valence-corrected chi connectivity index (χ4v) is 3.18. The number of imidazole rings is 1. The molecule has 3 aromatic heterocycles. The van der Waals surface area contributed by atoms with E-state index in [9.17, 15) is 15.3 Å². The van der Waals surface area contributed by atoms with E-state index in [-0.39, 0.29) is 0 Å². The first-order chi connectivity index (χ1) is 12.5. The number of aliphatic hydroxyl groups excluding tert-OH is 3. The zero-order chi connectivity index (χ0) is 18.4. The number of fused-ring (bicyclic) bond motifs is 1. The van der Waals surface area contributed by atoms with Gasteiger partial charge >= 0.3 is 0 Å². The number of nitrogens with one attached hydrogen (secondary N) is 1. The largest absolute Gasteiger partial charge is 0.394 e. The molecule has 10 heteroatoms. The monoisotopic (exact) mass is 360 g/mol. The van der Waals surface area contributed by atoms with E-state index in [0.717, 1.165) is 11.4 Å². The molecular weight excluding hydrogens is 340 g/mol. The predicted molar refractivity (Wildman–Crippen MR) is 91.3 cm³/mol. The van der Waals surface area contributed by atoms with Crippen LogP contribution in [0.5, 0.6) is 0 Å². The van der Waals surface area contributed by atoms with Crippen LogP contribution in [0, 0.1) is 13.8 Å². The molecule has 3 aromatic rings. The van der Waals surface area contributed by atoms with Crippen molar-refractivity contribution in [1.82, 2.24) is 24.2 Å². The maximum Gasteiger partial charge on any atom is 0.176 e. The first-order valence-corrected chi connectivity index (χ1v) is 8.23. The zero-order valence-corrected chi connectivity index (χ0v) is 14.3. The Morgan fingerprint density at radius 3 is 2.50 bits per heavy atom. The van der Waals surface area contributed by atoms with Crippen molar-refractivity contribution in [3.8, 4) is 0 Å². The summed E-state index contributed by atoms with van der Waals surface area (Å²) in [4.78, 5) is 12.8. The quantitative estimate of drug-likeness (QED) is 0.500. The molecule has 10 nitrogen and oxygen atoms in total. The maximum atomic E-state index is 10.2. The number of aliphatic hydroxyl groups is 3. The first-order valence-electron chi connectivity index (χ1n) is 8.23. The SMILES string of the molecule is Cc1ccc(C)n1Nc1ncnc2c1ncn2[C@@H]1O[C@H](CO)[C@@H](O)[C@H]1O. The summed E-state index contributed by atoms with van der Waals surface area (Å²) < 4.78 is 8.97. The number of hydrogen-bond donors (Lipinski definition) is 4. The van der Waals surface area contributed by atoms with Crippen molar-refractivity contribution in [1.29, 1.82) is 0 Å². The van der Waals surface area contributed by atoms with Crippen LogP contribution in [0.15, 0.2) is 24.8 Å². The van der Waals surface area contributed by atoms with Crippen LogP contribution in [0.25, 0.3) is 11.2 Å². The first kappa shape index (κ1) is 16.9. The van der Waals surface area contributed by atoms with Crippen molar-refractivity contribution in [2.45, 2.75) is 38.4 Å². The van der Waals surface area contributed by atoms with Crippen LogP contribution in [0.2, 0.25) is 0 Å². The summed E-state index contributed by atoms with van der Waals surface area (Å²) in [6.07, 6.45) is -1.29. The molecular formula is C16H20N6O4. The minimum atomic E-state index is -1.20. The third-order valence-electron chi connectivity index (χ3n) is 4.64. The van der Waals surface area contributed by atoms with Crippen molar-refractivity contribution in [2.75, 3.05) is 12.0 Å². The van der Waals surface area contributed by atoms with Crippen LogP contribution in [0.4, 0.5) is 5.82 Å². The normalized spacial score (nSPS) is 25.9. The molecule has 1 saturated heterocycles. The van der Waals surface area contributed by atoms with Gasteiger partial charge in [0.05, 0.1) is 12.9 Å². The second-order valence-electron chi connectivity index (χ2n) is 6.34. The summed E-state index contributed by atoms with van der Waals surface area (Å²) in [5.41, 5.74) is 6.17. The van der Waals surface area contributed by atoms with Crippen LogP contribution in [-0.2, 0) is 4.74 Å². The summed E-state index contributed by atoms with van der Waals surface area (Å²) in [6.45, 7) is 3.54. The third-order valence-corrected chi connectivity index (χ3v) is 4.64. The summed E-state index contributed by atoms with van der Waals surface area (Å²) >= 11 is 0. The van der Waals surface area contributed by atoms with Gasteiger partial charge in [0.25, 0.3) is 0 Å². The Hall–Kier alpha value is -2.53. The molecule has 0 spiro atoms. The topological polar surface area (TPSA) is 130 Å². The van der Waals surface area contributed by atoms with Gasteiger partial charge < -0.3 is 20.1 Å². The number of aromatic nitrogens is 5. The highest BCUT2D eigenvalue weighted by molar-refractivity contribution is 5.82. The Labute approximate surface area is 148 Å². The van der Waals surface area contributed by atoms with E-state index < -0.39 is 31.1 Å². The summed E-state index contributed by atoms with van der Waals surface area (Å²) in [6, 6.07) is 3.97. The highest BCUT2D eigenvalue weighted by Crippen LogP contribution is 2.32. The summed E-state index contributed by atoms with van der Waals surface area (Å²) in [5.74, 6) is 0.503. The molecule has 0 aromatic carbocycles. The van der Waals surface area contributed by atoms with Gasteiger partial charge in [0.1, 0.15) is 24.6 Å². The fourth-order valence-electron chi connectivity index (χ4n) is 3.18. The van der Waals surface area contributed by atoms with Crippen molar-refractivity contribution in [3.63, 3.8) is 0 Å². The van der Waals surface area contributed by atoms with E-state index in [2.05, 4.69) is 20.4 Å². The standard InChI is InChI=1S/C16H20N6O4/c1-8-3-4-9(2)22(8)20-14-11-15(18-6-17-14)21(7-19-11)16-13(25)12(24)10(5-23)26-16/h3-4,6-7,10,12-13,16,23-25H,5H2,1-2H3,(H,17,18,20)/t10-,12-,13-,16-/m1/s1. The molecule has 4 heterocycles. The molecule has 138 valence electrons. The molecule has 0 radical (unpaired) electrons. The van der Waals surface area contributed by atoms with Crippen LogP contribution in [0.3, 0.4) is 0 Å². The number of aryl methyl sites for hydroxylation is 2. The van der Waals surface area contributed by atoms with Crippen molar-refractivity contribution in [3.05, 3.63) is 36.2 Å². The van der Waals surface area contributed by atoms with E-state index >= 15 is 0 Å². The average molecular weight is 360 g/mol. The molecule has 1 aliphatic heterocycles. The Kier molecular flexibility index (Phi) is 4.11. The maximum absolute atomic E-state index is 10.2. The number of nitrogens with zero attached hydrogens (tertiary/aromatic N) is 5. The molecule has 0 aliphatic carbocycles. The van der Waals surface area contributed by atoms with Crippen molar-refractivity contribution < 1.29 is 20.1 Å². The number of rotatable bonds is 4. The van der Waals surface area contributed by atoms with Crippen LogP contribution in [-0.4, -0.2) is 64.4 Å². The fraction of sp³-hybridized carbons (Fsp3) is 0.438. The van der Waals surface area contributed by atoms with Gasteiger partial charge in [-0.05, 0) is 26.0 Å². The molecule has 4 N–H and O–H groups in total. The van der Waals surface area contributed by atoms with Crippen LogP contribution < -0.4 is 5.43 Å². The second-order valence-corrected chi connectivity index (χ2v) is 6.34. The Morgan fingerprint density at radius 1 is 1.12 bits per heavy atom. The van der Waals surface area contributed by atoms with Gasteiger partial charge in [0, 0.05) is 11.4 Å². The van der Waals surface area contributed by atoms with Gasteiger partial charge in [-0.25, -0.2) is 15.0 Å². The lowest BCUT2D eigenvalue weighted by molar-refractivity contribution is -0.0511. The van der Waals surface area contributed by atoms with Gasteiger partial charge in [0.2, 0.25) is 0 Å². The molecule has 26 heavy (non-hydrogen) atoms. The highest BCUT2D eigenvalue weighted by Gasteiger charge is 2.44. The van der Waals surface area contributed by atoms with Gasteiger partial charge in [0.15, 0.2) is 23.2 Å². The van der Waals surface area contributed by atoms with Gasteiger partial charge in [-0.15, -0.1) is 0 Å². The van der Waals surface area contributed by atoms with Crippen LogP contribution in [0.1, 0.15) is 17.6 Å². The minimum Gasteiger partial charge on any atom is -0.394 e. The van der Waals surface area contributed by atoms with Crippen molar-refractivity contribution >= 4 is 17.0 Å². The highest BCUT2D eigenvalue weighted by atomic mass is 16.6. The molecule has 0 saturated carbocycles. The van der Waals surface area contributed by atoms with Gasteiger partial charge in [-0.1, -0.05) is 0 Å². The Balaban J connectivity index is 1.72. The average Bonchev–Trinajstić information content (AvgIpc) is 3.28. The second kappa shape index (κ2) is 6.32. The number of hydrogen-bond acceptors (Lipinski definition) is 8. The third kappa shape index (κ3) is 2.54. The lowest BCUT2D eigenvalue weighted by Crippen LogP contribution is -2.33. The Bertz CT molecular complexity index is 919. The van der Waals surface area contributed by atoms with E-state index in [0.29, 0.717) is 17.0 Å². The summed E-state index contributed by atoms with van der Waals surface area (Å²) in [7, 11) is 0. The van der Waals surface area contributed by atoms with E-state index in [4.69, 9.17) is 4.74 Å². The minimum absolute atomic E-state index is 0.394. The van der Waals surface area contributed by atoms with Gasteiger partial charge in [-0.3, -0.25) is 14.7 Å². The van der Waals surface area contributed by atoms with Crippen molar-refractivity contribution in [2.24, 2.45) is 0 Å². The molecule has 4 atom stereocenters. The van der Waals surface area contributed by atoms with Gasteiger partial charge in [-0.2, -0.15) is 0 Å². The van der Waals surface area contributed by atoms with E-state index in [1.165, 1.54) is 17.2 Å². The van der Waals surface area contributed by atoms with E-state index in [1.54, 1.807) is 0 Å². The smallest absolute Gasteiger partial charge is 0.176 e. The Morgan fingerprint density at radius 2 is 1.85 bits per heavy atom. The molecule has 1 fully saturated rings. The lowest BCUT2D eigenvalue weighted by Gasteiger charge is -2.16. The molecule has 4 rings (SSSR count). The number of ether oxygens (including phenoxy) is 1. The molecule has 0 amide bonds. The summed E-state index contributed by atoms with van der Waals surface area (Å²) in [5, 5.41) is 29.5. The molecule has 1 aliphatic rings. The predicted octanol–water partition coefficient (Wildman–Crippen LogP) is -0.269. The van der Waals surface area contributed by atoms with Crippen LogP contribution >= 0.6 is 0 Å². The number of anilines is 1. The zero-order valence-electron chi connectivity index (χ0n) is 14.3.